The topological polar surface area (TPSA) is 0 Å². The molecule has 0 bridgehead atoms. The molecule has 0 nitrogen and oxygen atoms in total. The molecule has 0 amide bonds. The van der Waals surface area contributed by atoms with E-state index in [1.54, 1.807) is 0 Å². The van der Waals surface area contributed by atoms with E-state index < -0.39 is 16.1 Å². The van der Waals surface area contributed by atoms with Crippen molar-refractivity contribution in [2.75, 3.05) is 0 Å². The number of rotatable bonds is 3. The molecule has 1 aromatic rings. The Balaban J connectivity index is 3.02. The van der Waals surface area contributed by atoms with Crippen LogP contribution in [0.15, 0.2) is 36.0 Å². The minimum atomic E-state index is -1.26. The van der Waals surface area contributed by atoms with Crippen molar-refractivity contribution in [1.82, 2.24) is 0 Å². The van der Waals surface area contributed by atoms with Crippen LogP contribution in [0.2, 0.25) is 39.3 Å². The molecule has 0 saturated heterocycles. The maximum atomic E-state index is 3.47. The van der Waals surface area contributed by atoms with Crippen LogP contribution >= 0.6 is 0 Å². The fraction of sp³-hybridized carbons (Fsp3) is 0.412. The van der Waals surface area contributed by atoms with Crippen molar-refractivity contribution in [1.29, 1.82) is 0 Å². The summed E-state index contributed by atoms with van der Waals surface area (Å²) in [5.41, 5.74) is 8.70. The number of allylic oxidation sites excluding steroid dienone is 1. The lowest BCUT2D eigenvalue weighted by atomic mass is 10.1. The molecule has 0 fully saturated rings. The van der Waals surface area contributed by atoms with Crippen LogP contribution < -0.4 is 0 Å². The van der Waals surface area contributed by atoms with Crippen LogP contribution in [0.5, 0.6) is 0 Å². The Morgan fingerprint density at radius 3 is 2.05 bits per heavy atom. The molecule has 0 spiro atoms. The van der Waals surface area contributed by atoms with Gasteiger partial charge in [0.2, 0.25) is 0 Å². The molecule has 0 aliphatic rings. The lowest BCUT2D eigenvalue weighted by Gasteiger charge is -2.14. The molecule has 0 radical (unpaired) electrons. The summed E-state index contributed by atoms with van der Waals surface area (Å²) in [7, 11) is -2.48. The quantitative estimate of drug-likeness (QED) is 0.528. The molecule has 0 N–H and O–H groups in total. The van der Waals surface area contributed by atoms with Crippen molar-refractivity contribution in [3.05, 3.63) is 41.6 Å². The van der Waals surface area contributed by atoms with Crippen molar-refractivity contribution in [2.45, 2.75) is 45.7 Å². The lowest BCUT2D eigenvalue weighted by Crippen LogP contribution is -2.17. The Morgan fingerprint density at radius 2 is 1.58 bits per heavy atom. The van der Waals surface area contributed by atoms with E-state index in [-0.39, 0.29) is 0 Å². The SMILES string of the molecule is C[Si](C)(C)C#CC/C(=C/[Si](C)(C)C)c1ccccc1. The highest BCUT2D eigenvalue weighted by Crippen LogP contribution is 2.21. The van der Waals surface area contributed by atoms with Gasteiger partial charge in [-0.1, -0.05) is 75.3 Å². The molecule has 0 aliphatic carbocycles. The highest BCUT2D eigenvalue weighted by Gasteiger charge is 2.12. The van der Waals surface area contributed by atoms with Crippen LogP contribution in [0.25, 0.3) is 5.57 Å². The van der Waals surface area contributed by atoms with Crippen molar-refractivity contribution < 1.29 is 0 Å². The van der Waals surface area contributed by atoms with Gasteiger partial charge in [0.15, 0.2) is 0 Å². The van der Waals surface area contributed by atoms with Crippen LogP contribution in [0.3, 0.4) is 0 Å². The molecular weight excluding hydrogens is 260 g/mol. The molecule has 2 heteroatoms. The van der Waals surface area contributed by atoms with Gasteiger partial charge < -0.3 is 0 Å². The van der Waals surface area contributed by atoms with E-state index >= 15 is 0 Å². The molecule has 0 aromatic heterocycles. The van der Waals surface area contributed by atoms with E-state index in [1.165, 1.54) is 11.1 Å². The van der Waals surface area contributed by atoms with Gasteiger partial charge >= 0.3 is 0 Å². The Kier molecular flexibility index (Phi) is 5.40. The third-order valence-electron chi connectivity index (χ3n) is 2.49. The van der Waals surface area contributed by atoms with Gasteiger partial charge in [-0.15, -0.1) is 11.5 Å². The van der Waals surface area contributed by atoms with Gasteiger partial charge in [0.25, 0.3) is 0 Å². The maximum absolute atomic E-state index is 3.47. The molecule has 102 valence electrons. The van der Waals surface area contributed by atoms with E-state index in [9.17, 15) is 0 Å². The van der Waals surface area contributed by atoms with Crippen LogP contribution in [0.4, 0.5) is 0 Å². The van der Waals surface area contributed by atoms with E-state index in [0.717, 1.165) is 6.42 Å². The third kappa shape index (κ3) is 7.20. The van der Waals surface area contributed by atoms with Crippen molar-refractivity contribution in [3.63, 3.8) is 0 Å². The molecule has 0 aliphatic heterocycles. The van der Waals surface area contributed by atoms with Gasteiger partial charge in [-0.25, -0.2) is 0 Å². The molecule has 1 rings (SSSR count). The summed E-state index contributed by atoms with van der Waals surface area (Å²) < 4.78 is 0. The molecule has 0 atom stereocenters. The number of hydrogen-bond acceptors (Lipinski definition) is 0. The second-order valence-electron chi connectivity index (χ2n) is 7.13. The first-order valence-electron chi connectivity index (χ1n) is 6.95. The van der Waals surface area contributed by atoms with Gasteiger partial charge in [-0.2, -0.15) is 0 Å². The average Bonchev–Trinajstić information content (AvgIpc) is 2.25. The number of benzene rings is 1. The standard InChI is InChI=1S/C17H26Si2/c1-18(2,3)14-10-13-17(15-19(4,5)6)16-11-8-7-9-12-16/h7-9,11-12,15H,13H2,1-6H3/b17-15-. The van der Waals surface area contributed by atoms with E-state index in [2.05, 4.69) is 86.8 Å². The first-order valence-corrected chi connectivity index (χ1v) is 14.0. The van der Waals surface area contributed by atoms with Crippen molar-refractivity contribution >= 4 is 21.7 Å². The largest absolute Gasteiger partial charge is 0.132 e. The summed E-state index contributed by atoms with van der Waals surface area (Å²) in [6.07, 6.45) is 0.887. The Morgan fingerprint density at radius 1 is 1.00 bits per heavy atom. The fourth-order valence-electron chi connectivity index (χ4n) is 1.82. The van der Waals surface area contributed by atoms with Crippen LogP contribution in [0.1, 0.15) is 12.0 Å². The highest BCUT2D eigenvalue weighted by molar-refractivity contribution is 6.84. The van der Waals surface area contributed by atoms with E-state index in [1.807, 2.05) is 0 Å². The van der Waals surface area contributed by atoms with E-state index in [0.29, 0.717) is 0 Å². The second kappa shape index (κ2) is 6.41. The molecule has 19 heavy (non-hydrogen) atoms. The smallest absolute Gasteiger partial charge is 0.129 e. The lowest BCUT2D eigenvalue weighted by molar-refractivity contribution is 1.44. The summed E-state index contributed by atoms with van der Waals surface area (Å²) in [4.78, 5) is 0. The number of hydrogen-bond donors (Lipinski definition) is 0. The molecule has 0 saturated carbocycles. The van der Waals surface area contributed by atoms with Crippen molar-refractivity contribution in [2.24, 2.45) is 0 Å². The monoisotopic (exact) mass is 286 g/mol. The predicted octanol–water partition coefficient (Wildman–Crippen LogP) is 5.22. The van der Waals surface area contributed by atoms with Crippen LogP contribution in [-0.4, -0.2) is 16.1 Å². The van der Waals surface area contributed by atoms with Gasteiger partial charge in [0, 0.05) is 6.42 Å². The summed E-state index contributed by atoms with van der Waals surface area (Å²) in [6.45, 7) is 14.0. The zero-order valence-corrected chi connectivity index (χ0v) is 15.2. The van der Waals surface area contributed by atoms with Crippen molar-refractivity contribution in [3.8, 4) is 11.5 Å². The molecule has 1 aromatic carbocycles. The Labute approximate surface area is 121 Å². The molecule has 0 unspecified atom stereocenters. The minimum Gasteiger partial charge on any atom is -0.132 e. The van der Waals surface area contributed by atoms with Gasteiger partial charge in [0.1, 0.15) is 8.07 Å². The average molecular weight is 287 g/mol. The Bertz CT molecular complexity index is 488. The zero-order chi connectivity index (χ0) is 14.5. The van der Waals surface area contributed by atoms with Gasteiger partial charge in [-0.05, 0) is 11.1 Å². The fourth-order valence-corrected chi connectivity index (χ4v) is 3.75. The molecular formula is C17H26Si2. The second-order valence-corrected chi connectivity index (χ2v) is 16.9. The summed E-state index contributed by atoms with van der Waals surface area (Å²) >= 11 is 0. The molecule has 0 heterocycles. The van der Waals surface area contributed by atoms with Crippen LogP contribution in [-0.2, 0) is 0 Å². The third-order valence-corrected chi connectivity index (χ3v) is 4.64. The summed E-state index contributed by atoms with van der Waals surface area (Å²) in [5, 5.41) is 0. The summed E-state index contributed by atoms with van der Waals surface area (Å²) in [5.74, 6) is 3.41. The highest BCUT2D eigenvalue weighted by atomic mass is 28.3. The maximum Gasteiger partial charge on any atom is 0.129 e. The normalized spacial score (nSPS) is 12.8. The van der Waals surface area contributed by atoms with Crippen LogP contribution in [0, 0.1) is 11.5 Å². The first kappa shape index (κ1) is 16.0. The van der Waals surface area contributed by atoms with Gasteiger partial charge in [0.05, 0.1) is 8.07 Å². The Hall–Kier alpha value is -1.05. The van der Waals surface area contributed by atoms with Gasteiger partial charge in [-0.3, -0.25) is 0 Å². The zero-order valence-electron chi connectivity index (χ0n) is 13.2. The first-order chi connectivity index (χ1) is 8.67. The predicted molar refractivity (Wildman–Crippen MR) is 93.5 cm³/mol. The minimum absolute atomic E-state index is 0.887. The van der Waals surface area contributed by atoms with E-state index in [4.69, 9.17) is 0 Å². The summed E-state index contributed by atoms with van der Waals surface area (Å²) in [6, 6.07) is 10.7.